The molecule has 3 N–H and O–H groups in total. The number of nitrogens with zero attached hydrogens (tertiary/aromatic N) is 3. The van der Waals surface area contributed by atoms with Crippen LogP contribution in [0.2, 0.25) is 0 Å². The Morgan fingerprint density at radius 2 is 1.81 bits per heavy atom. The molecule has 3 rings (SSSR count). The largest absolute Gasteiger partial charge is 1.00 e. The van der Waals surface area contributed by atoms with E-state index in [0.717, 1.165) is 0 Å². The summed E-state index contributed by atoms with van der Waals surface area (Å²) < 4.78 is 34.0. The summed E-state index contributed by atoms with van der Waals surface area (Å²) in [5, 5.41) is 42.2. The SMILES string of the molecule is CC(=O)Nc1cccc2ccc(O)c(N=Nc3cc([N+](=O)[O-])cc(S(=O)(=O)[O-])c3O)c12.[Na+]. The van der Waals surface area contributed by atoms with Crippen LogP contribution in [0.25, 0.3) is 10.8 Å². The number of fused-ring (bicyclic) bond motifs is 1. The zero-order valence-electron chi connectivity index (χ0n) is 16.6. The fourth-order valence-electron chi connectivity index (χ4n) is 2.80. The van der Waals surface area contributed by atoms with Gasteiger partial charge >= 0.3 is 29.6 Å². The molecule has 3 aromatic rings. The van der Waals surface area contributed by atoms with Crippen LogP contribution in [0.5, 0.6) is 11.5 Å². The first-order valence-electron chi connectivity index (χ1n) is 8.40. The average Bonchev–Trinajstić information content (AvgIpc) is 2.67. The molecule has 0 aliphatic carbocycles. The van der Waals surface area contributed by atoms with Gasteiger partial charge in [-0.05, 0) is 17.5 Å². The van der Waals surface area contributed by atoms with E-state index in [0.29, 0.717) is 17.5 Å². The molecule has 0 saturated heterocycles. The van der Waals surface area contributed by atoms with Crippen molar-refractivity contribution < 1.29 is 62.5 Å². The van der Waals surface area contributed by atoms with Crippen LogP contribution in [0, 0.1) is 10.1 Å². The summed E-state index contributed by atoms with van der Waals surface area (Å²) in [6.07, 6.45) is 0. The van der Waals surface area contributed by atoms with Crippen LogP contribution in [0.1, 0.15) is 6.92 Å². The number of rotatable bonds is 5. The van der Waals surface area contributed by atoms with Crippen molar-refractivity contribution in [2.75, 3.05) is 5.32 Å². The molecule has 12 nitrogen and oxygen atoms in total. The minimum Gasteiger partial charge on any atom is -0.744 e. The number of carbonyl (C=O) groups excluding carboxylic acids is 1. The number of amides is 1. The number of phenolic OH excluding ortho intramolecular Hbond substituents is 2. The zero-order chi connectivity index (χ0) is 22.9. The van der Waals surface area contributed by atoms with E-state index in [1.807, 2.05) is 0 Å². The van der Waals surface area contributed by atoms with E-state index < -0.39 is 43.0 Å². The third-order valence-corrected chi connectivity index (χ3v) is 4.93. The van der Waals surface area contributed by atoms with Gasteiger partial charge in [-0.1, -0.05) is 18.2 Å². The normalized spacial score (nSPS) is 11.3. The third-order valence-electron chi connectivity index (χ3n) is 4.09. The van der Waals surface area contributed by atoms with Gasteiger partial charge in [-0.25, -0.2) is 8.42 Å². The molecule has 0 saturated carbocycles. The fraction of sp³-hybridized carbons (Fsp3) is 0.0556. The summed E-state index contributed by atoms with van der Waals surface area (Å²) in [6, 6.07) is 8.78. The van der Waals surface area contributed by atoms with E-state index in [1.54, 1.807) is 18.2 Å². The van der Waals surface area contributed by atoms with E-state index in [9.17, 15) is 38.1 Å². The van der Waals surface area contributed by atoms with Gasteiger partial charge in [0.2, 0.25) is 5.91 Å². The molecule has 0 aliphatic heterocycles. The molecule has 0 atom stereocenters. The molecule has 0 unspecified atom stereocenters. The molecule has 1 amide bonds. The Morgan fingerprint density at radius 3 is 2.41 bits per heavy atom. The van der Waals surface area contributed by atoms with Crippen LogP contribution in [-0.4, -0.2) is 34.0 Å². The maximum Gasteiger partial charge on any atom is 1.00 e. The van der Waals surface area contributed by atoms with Gasteiger partial charge in [0, 0.05) is 24.4 Å². The minimum absolute atomic E-state index is 0. The molecule has 0 aromatic heterocycles. The van der Waals surface area contributed by atoms with Crippen LogP contribution in [0.15, 0.2) is 57.6 Å². The number of carbonyl (C=O) groups is 1. The maximum atomic E-state index is 11.5. The van der Waals surface area contributed by atoms with Crippen molar-refractivity contribution in [3.05, 3.63) is 52.6 Å². The molecule has 0 heterocycles. The molecule has 0 spiro atoms. The second-order valence-electron chi connectivity index (χ2n) is 6.24. The standard InChI is InChI=1S/C18H14N4O8S.Na/c1-9(23)19-12-4-2-3-10-5-6-14(24)17(16(10)12)21-20-13-7-11(22(26)27)8-15(18(13)25)31(28,29)30;/h2-8,24-25H,1H3,(H,19,23)(H,28,29,30);/q;+1/p-1. The summed E-state index contributed by atoms with van der Waals surface area (Å²) in [7, 11) is -5.26. The van der Waals surface area contributed by atoms with Gasteiger partial charge in [0.05, 0.1) is 10.6 Å². The number of aromatic hydroxyl groups is 2. The first-order valence-corrected chi connectivity index (χ1v) is 9.81. The number of nitrogens with one attached hydrogen (secondary N) is 1. The van der Waals surface area contributed by atoms with Crippen molar-refractivity contribution in [3.63, 3.8) is 0 Å². The fourth-order valence-corrected chi connectivity index (χ4v) is 3.41. The molecule has 160 valence electrons. The van der Waals surface area contributed by atoms with Gasteiger partial charge in [-0.15, -0.1) is 10.2 Å². The molecule has 0 bridgehead atoms. The van der Waals surface area contributed by atoms with Gasteiger partial charge in [0.1, 0.15) is 32.1 Å². The third kappa shape index (κ3) is 5.20. The molecule has 0 fully saturated rings. The molecule has 3 aromatic carbocycles. The summed E-state index contributed by atoms with van der Waals surface area (Å²) in [5.41, 5.74) is -1.39. The molecular formula is C18H13N4NaO8S. The van der Waals surface area contributed by atoms with Crippen LogP contribution in [-0.2, 0) is 14.9 Å². The van der Waals surface area contributed by atoms with Crippen molar-refractivity contribution in [1.82, 2.24) is 0 Å². The van der Waals surface area contributed by atoms with Crippen molar-refractivity contribution in [3.8, 4) is 11.5 Å². The van der Waals surface area contributed by atoms with Crippen molar-refractivity contribution in [2.45, 2.75) is 11.8 Å². The Bertz CT molecular complexity index is 1380. The van der Waals surface area contributed by atoms with Crippen molar-refractivity contribution in [2.24, 2.45) is 10.2 Å². The first kappa shape index (κ1) is 25.2. The Balaban J connectivity index is 0.00000363. The van der Waals surface area contributed by atoms with Gasteiger partial charge in [-0.3, -0.25) is 14.9 Å². The zero-order valence-corrected chi connectivity index (χ0v) is 19.5. The summed E-state index contributed by atoms with van der Waals surface area (Å²) in [4.78, 5) is 20.4. The number of anilines is 1. The van der Waals surface area contributed by atoms with E-state index in [-0.39, 0.29) is 52.1 Å². The quantitative estimate of drug-likeness (QED) is 0.158. The number of nitro groups is 1. The number of non-ortho nitro benzene ring substituents is 1. The molecular weight excluding hydrogens is 455 g/mol. The van der Waals surface area contributed by atoms with Crippen LogP contribution in [0.4, 0.5) is 22.7 Å². The number of azo groups is 1. The van der Waals surface area contributed by atoms with E-state index >= 15 is 0 Å². The van der Waals surface area contributed by atoms with Crippen molar-refractivity contribution >= 4 is 49.5 Å². The topological polar surface area (TPSA) is 195 Å². The Morgan fingerprint density at radius 1 is 1.12 bits per heavy atom. The Labute approximate surface area is 202 Å². The number of nitro benzene ring substituents is 1. The monoisotopic (exact) mass is 468 g/mol. The van der Waals surface area contributed by atoms with E-state index in [4.69, 9.17) is 0 Å². The second-order valence-corrected chi connectivity index (χ2v) is 7.59. The predicted octanol–water partition coefficient (Wildman–Crippen LogP) is 0.441. The Hall–Kier alpha value is -3.10. The van der Waals surface area contributed by atoms with Crippen LogP contribution < -0.4 is 34.9 Å². The minimum atomic E-state index is -5.26. The Kier molecular flexibility index (Phi) is 7.54. The maximum absolute atomic E-state index is 11.5. The number of benzene rings is 3. The number of hydrogen-bond acceptors (Lipinski definition) is 10. The van der Waals surface area contributed by atoms with Gasteiger partial charge in [-0.2, -0.15) is 0 Å². The molecule has 32 heavy (non-hydrogen) atoms. The summed E-state index contributed by atoms with van der Waals surface area (Å²) >= 11 is 0. The first-order chi connectivity index (χ1) is 14.5. The van der Waals surface area contributed by atoms with Crippen LogP contribution in [0.3, 0.4) is 0 Å². The van der Waals surface area contributed by atoms with Crippen LogP contribution >= 0.6 is 0 Å². The average molecular weight is 468 g/mol. The van der Waals surface area contributed by atoms with E-state index in [2.05, 4.69) is 15.5 Å². The van der Waals surface area contributed by atoms with E-state index in [1.165, 1.54) is 19.1 Å². The smallest absolute Gasteiger partial charge is 0.744 e. The van der Waals surface area contributed by atoms with Crippen molar-refractivity contribution in [1.29, 1.82) is 0 Å². The summed E-state index contributed by atoms with van der Waals surface area (Å²) in [6.45, 7) is 1.27. The summed E-state index contributed by atoms with van der Waals surface area (Å²) in [5.74, 6) is -1.91. The van der Waals surface area contributed by atoms with Gasteiger partial charge in [0.15, 0.2) is 5.75 Å². The number of phenols is 2. The molecule has 0 aliphatic rings. The number of hydrogen-bond donors (Lipinski definition) is 3. The molecule has 14 heteroatoms. The second kappa shape index (κ2) is 9.58. The van der Waals surface area contributed by atoms with Gasteiger partial charge < -0.3 is 20.1 Å². The molecule has 0 radical (unpaired) electrons. The van der Waals surface area contributed by atoms with Gasteiger partial charge in [0.25, 0.3) is 5.69 Å². The predicted molar refractivity (Wildman–Crippen MR) is 107 cm³/mol.